The lowest BCUT2D eigenvalue weighted by atomic mass is 9.94. The molecule has 0 saturated carbocycles. The van der Waals surface area contributed by atoms with E-state index in [-0.39, 0.29) is 6.10 Å². The Hall–Kier alpha value is -2.11. The molecule has 0 aliphatic carbocycles. The van der Waals surface area contributed by atoms with E-state index in [9.17, 15) is 5.26 Å². The molecular formula is C16H13NO. The van der Waals surface area contributed by atoms with Crippen LogP contribution >= 0.6 is 0 Å². The predicted octanol–water partition coefficient (Wildman–Crippen LogP) is 3.61. The van der Waals surface area contributed by atoms with Crippen molar-refractivity contribution in [3.05, 3.63) is 59.2 Å². The summed E-state index contributed by atoms with van der Waals surface area (Å²) in [6, 6.07) is 16.4. The van der Waals surface area contributed by atoms with Gasteiger partial charge in [-0.3, -0.25) is 0 Å². The monoisotopic (exact) mass is 235 g/mol. The molecule has 0 spiro atoms. The summed E-state index contributed by atoms with van der Waals surface area (Å²) in [6.45, 7) is 2.86. The molecule has 0 N–H and O–H groups in total. The van der Waals surface area contributed by atoms with Crippen molar-refractivity contribution in [2.45, 2.75) is 13.0 Å². The highest BCUT2D eigenvalue weighted by Crippen LogP contribution is 2.34. The second-order valence-corrected chi connectivity index (χ2v) is 4.55. The van der Waals surface area contributed by atoms with Crippen molar-refractivity contribution in [2.24, 2.45) is 0 Å². The second-order valence-electron chi connectivity index (χ2n) is 4.55. The molecule has 0 aromatic heterocycles. The molecule has 1 aliphatic rings. The van der Waals surface area contributed by atoms with E-state index in [2.05, 4.69) is 31.2 Å². The van der Waals surface area contributed by atoms with Crippen molar-refractivity contribution in [1.82, 2.24) is 0 Å². The van der Waals surface area contributed by atoms with Gasteiger partial charge in [0.2, 0.25) is 0 Å². The first-order valence-electron chi connectivity index (χ1n) is 6.01. The van der Waals surface area contributed by atoms with Crippen LogP contribution in [-0.2, 0) is 4.74 Å². The first kappa shape index (κ1) is 11.0. The van der Waals surface area contributed by atoms with Gasteiger partial charge in [0.1, 0.15) is 6.10 Å². The average Bonchev–Trinajstić information content (AvgIpc) is 3.23. The normalized spacial score (nSPS) is 17.2. The van der Waals surface area contributed by atoms with Crippen LogP contribution in [0.25, 0.3) is 11.1 Å². The number of epoxide rings is 1. The average molecular weight is 235 g/mol. The number of ether oxygens (including phenoxy) is 1. The highest BCUT2D eigenvalue weighted by atomic mass is 16.6. The van der Waals surface area contributed by atoms with Gasteiger partial charge < -0.3 is 4.74 Å². The first-order valence-corrected chi connectivity index (χ1v) is 6.01. The molecule has 2 aromatic rings. The van der Waals surface area contributed by atoms with E-state index in [0.29, 0.717) is 5.56 Å². The minimum absolute atomic E-state index is 0.223. The molecule has 2 heteroatoms. The Morgan fingerprint density at radius 1 is 1.17 bits per heavy atom. The standard InChI is InChI=1S/C16H13NO/c1-11-4-2-3-5-14(11)15-8-12(16-10-18-16)6-7-13(15)9-17/h2-8,16H,10H2,1H3. The summed E-state index contributed by atoms with van der Waals surface area (Å²) in [5.74, 6) is 0. The zero-order valence-electron chi connectivity index (χ0n) is 10.2. The van der Waals surface area contributed by atoms with Crippen LogP contribution in [0.2, 0.25) is 0 Å². The number of hydrogen-bond donors (Lipinski definition) is 0. The van der Waals surface area contributed by atoms with Gasteiger partial charge in [-0.05, 0) is 35.7 Å². The van der Waals surface area contributed by atoms with E-state index >= 15 is 0 Å². The highest BCUT2D eigenvalue weighted by molar-refractivity contribution is 5.74. The Bertz CT molecular complexity index is 636. The SMILES string of the molecule is Cc1ccccc1-c1cc(C2CO2)ccc1C#N. The number of nitrogens with zero attached hydrogens (tertiary/aromatic N) is 1. The van der Waals surface area contributed by atoms with Gasteiger partial charge in [-0.1, -0.05) is 30.3 Å². The second kappa shape index (κ2) is 4.29. The van der Waals surface area contributed by atoms with Crippen LogP contribution in [-0.4, -0.2) is 6.61 Å². The van der Waals surface area contributed by atoms with Gasteiger partial charge in [0.25, 0.3) is 0 Å². The van der Waals surface area contributed by atoms with Crippen molar-refractivity contribution < 1.29 is 4.74 Å². The van der Waals surface area contributed by atoms with E-state index in [1.807, 2.05) is 24.3 Å². The summed E-state index contributed by atoms with van der Waals surface area (Å²) >= 11 is 0. The summed E-state index contributed by atoms with van der Waals surface area (Å²) < 4.78 is 5.31. The Morgan fingerprint density at radius 3 is 2.61 bits per heavy atom. The Kier molecular flexibility index (Phi) is 2.62. The van der Waals surface area contributed by atoms with Crippen LogP contribution in [0.4, 0.5) is 0 Å². The van der Waals surface area contributed by atoms with Crippen molar-refractivity contribution in [3.8, 4) is 17.2 Å². The van der Waals surface area contributed by atoms with Crippen LogP contribution in [0.1, 0.15) is 22.8 Å². The molecule has 0 bridgehead atoms. The van der Waals surface area contributed by atoms with Gasteiger partial charge in [-0.15, -0.1) is 0 Å². The molecule has 1 aliphatic heterocycles. The summed E-state index contributed by atoms with van der Waals surface area (Å²) in [5.41, 5.74) is 5.18. The molecule has 1 unspecified atom stereocenters. The maximum absolute atomic E-state index is 9.23. The minimum atomic E-state index is 0.223. The zero-order valence-corrected chi connectivity index (χ0v) is 10.2. The van der Waals surface area contributed by atoms with E-state index in [1.54, 1.807) is 0 Å². The molecule has 1 fully saturated rings. The van der Waals surface area contributed by atoms with Gasteiger partial charge in [-0.2, -0.15) is 5.26 Å². The van der Waals surface area contributed by atoms with Gasteiger partial charge in [0, 0.05) is 5.56 Å². The van der Waals surface area contributed by atoms with Gasteiger partial charge >= 0.3 is 0 Å². The largest absolute Gasteiger partial charge is 0.368 e. The summed E-state index contributed by atoms with van der Waals surface area (Å²) in [7, 11) is 0. The predicted molar refractivity (Wildman–Crippen MR) is 70.0 cm³/mol. The number of benzene rings is 2. The maximum Gasteiger partial charge on any atom is 0.106 e. The molecule has 0 amide bonds. The Morgan fingerprint density at radius 2 is 1.94 bits per heavy atom. The van der Waals surface area contributed by atoms with Crippen molar-refractivity contribution in [3.63, 3.8) is 0 Å². The lowest BCUT2D eigenvalue weighted by Crippen LogP contribution is -1.90. The number of nitriles is 1. The van der Waals surface area contributed by atoms with Crippen LogP contribution in [0, 0.1) is 18.3 Å². The van der Waals surface area contributed by atoms with E-state index in [0.717, 1.165) is 23.3 Å². The van der Waals surface area contributed by atoms with Gasteiger partial charge in [0.05, 0.1) is 18.2 Å². The topological polar surface area (TPSA) is 36.3 Å². The third kappa shape index (κ3) is 1.90. The van der Waals surface area contributed by atoms with Crippen LogP contribution in [0.15, 0.2) is 42.5 Å². The molecule has 2 nitrogen and oxygen atoms in total. The molecule has 3 rings (SSSR count). The minimum Gasteiger partial charge on any atom is -0.368 e. The van der Waals surface area contributed by atoms with E-state index < -0.39 is 0 Å². The van der Waals surface area contributed by atoms with E-state index in [4.69, 9.17) is 4.74 Å². The van der Waals surface area contributed by atoms with Gasteiger partial charge in [0.15, 0.2) is 0 Å². The Labute approximate surface area is 106 Å². The number of rotatable bonds is 2. The number of aryl methyl sites for hydroxylation is 1. The van der Waals surface area contributed by atoms with Crippen molar-refractivity contribution >= 4 is 0 Å². The van der Waals surface area contributed by atoms with Crippen LogP contribution in [0.5, 0.6) is 0 Å². The zero-order chi connectivity index (χ0) is 12.5. The smallest absolute Gasteiger partial charge is 0.106 e. The third-order valence-corrected chi connectivity index (χ3v) is 3.30. The summed E-state index contributed by atoms with van der Waals surface area (Å²) in [6.07, 6.45) is 0.223. The fraction of sp³-hybridized carbons (Fsp3) is 0.188. The molecule has 1 heterocycles. The van der Waals surface area contributed by atoms with Gasteiger partial charge in [-0.25, -0.2) is 0 Å². The summed E-state index contributed by atoms with van der Waals surface area (Å²) in [4.78, 5) is 0. The lowest BCUT2D eigenvalue weighted by Gasteiger charge is -2.09. The van der Waals surface area contributed by atoms with Crippen molar-refractivity contribution in [1.29, 1.82) is 5.26 Å². The first-order chi connectivity index (χ1) is 8.79. The fourth-order valence-corrected chi connectivity index (χ4v) is 2.20. The molecular weight excluding hydrogens is 222 g/mol. The van der Waals surface area contributed by atoms with Crippen LogP contribution < -0.4 is 0 Å². The lowest BCUT2D eigenvalue weighted by molar-refractivity contribution is 0.415. The quantitative estimate of drug-likeness (QED) is 0.745. The van der Waals surface area contributed by atoms with E-state index in [1.165, 1.54) is 5.56 Å². The van der Waals surface area contributed by atoms with Crippen molar-refractivity contribution in [2.75, 3.05) is 6.61 Å². The molecule has 88 valence electrons. The summed E-state index contributed by atoms with van der Waals surface area (Å²) in [5, 5.41) is 9.23. The molecule has 1 atom stereocenters. The Balaban J connectivity index is 2.17. The maximum atomic E-state index is 9.23. The fourth-order valence-electron chi connectivity index (χ4n) is 2.20. The number of hydrogen-bond acceptors (Lipinski definition) is 2. The van der Waals surface area contributed by atoms with Crippen LogP contribution in [0.3, 0.4) is 0 Å². The molecule has 1 saturated heterocycles. The third-order valence-electron chi connectivity index (χ3n) is 3.30. The molecule has 18 heavy (non-hydrogen) atoms. The highest BCUT2D eigenvalue weighted by Gasteiger charge is 2.25. The molecule has 0 radical (unpaired) electrons. The molecule has 2 aromatic carbocycles.